The van der Waals surface area contributed by atoms with E-state index in [0.717, 1.165) is 56.2 Å². The number of hydrogen-bond acceptors (Lipinski definition) is 5. The van der Waals surface area contributed by atoms with Crippen molar-refractivity contribution in [3.63, 3.8) is 0 Å². The van der Waals surface area contributed by atoms with Gasteiger partial charge in [0.05, 0.1) is 11.6 Å². The Morgan fingerprint density at radius 3 is 2.46 bits per heavy atom. The first-order valence-electron chi connectivity index (χ1n) is 14.7. The van der Waals surface area contributed by atoms with Crippen LogP contribution in [0.3, 0.4) is 0 Å². The molecule has 0 spiro atoms. The molecule has 1 aromatic carbocycles. The zero-order valence-corrected chi connectivity index (χ0v) is 24.8. The van der Waals surface area contributed by atoms with E-state index < -0.39 is 5.92 Å². The van der Waals surface area contributed by atoms with E-state index in [1.807, 2.05) is 26.8 Å². The summed E-state index contributed by atoms with van der Waals surface area (Å²) in [5, 5.41) is 6.61. The third-order valence-electron chi connectivity index (χ3n) is 8.86. The number of pyridine rings is 1. The number of aromatic nitrogens is 1. The molecule has 10 heteroatoms. The maximum absolute atomic E-state index is 13.3. The van der Waals surface area contributed by atoms with Crippen LogP contribution in [0.2, 0.25) is 5.02 Å². The molecular weight excluding hydrogens is 552 g/mol. The van der Waals surface area contributed by atoms with Gasteiger partial charge >= 0.3 is 0 Å². The topological polar surface area (TPSA) is 92.4 Å². The molecule has 0 bridgehead atoms. The molecule has 0 saturated heterocycles. The van der Waals surface area contributed by atoms with Crippen molar-refractivity contribution in [3.05, 3.63) is 55.5 Å². The molecule has 5 rings (SSSR count). The number of benzene rings is 1. The summed E-state index contributed by atoms with van der Waals surface area (Å²) in [7, 11) is 0. The molecule has 2 aliphatic carbocycles. The van der Waals surface area contributed by atoms with Crippen LogP contribution >= 0.6 is 11.6 Å². The predicted molar refractivity (Wildman–Crippen MR) is 155 cm³/mol. The number of fused-ring (bicyclic) bond motifs is 1. The van der Waals surface area contributed by atoms with Gasteiger partial charge in [-0.15, -0.1) is 0 Å². The standard InChI is InChI=1S/C31H40ClF2N3O4/c1-17-12-18(2)36-30(39)24(17)16-35-29(38)23-13-25(32)28-27(19(23)3)41-26(6-4-5-11-40-28)20-7-9-21(10-8-20)37-22-14-31(33,34)15-22/h12-13,20-22,26,37H,4-11,14-16H2,1-3H3,(H,35,38)(H,36,39). The van der Waals surface area contributed by atoms with Gasteiger partial charge in [-0.25, -0.2) is 8.78 Å². The number of aromatic amines is 1. The molecule has 224 valence electrons. The Kier molecular flexibility index (Phi) is 8.95. The molecule has 1 atom stereocenters. The average Bonchev–Trinajstić information content (AvgIpc) is 3.00. The minimum atomic E-state index is -2.51. The molecule has 41 heavy (non-hydrogen) atoms. The number of amides is 1. The fourth-order valence-electron chi connectivity index (χ4n) is 6.51. The summed E-state index contributed by atoms with van der Waals surface area (Å²) in [6, 6.07) is 3.66. The van der Waals surface area contributed by atoms with Crippen LogP contribution in [0, 0.1) is 26.7 Å². The summed E-state index contributed by atoms with van der Waals surface area (Å²) in [6.07, 6.45) is 6.23. The summed E-state index contributed by atoms with van der Waals surface area (Å²) >= 11 is 6.67. The monoisotopic (exact) mass is 591 g/mol. The zero-order valence-electron chi connectivity index (χ0n) is 24.0. The Hall–Kier alpha value is -2.65. The Morgan fingerprint density at radius 1 is 1.05 bits per heavy atom. The number of H-pyrrole nitrogens is 1. The van der Waals surface area contributed by atoms with Gasteiger partial charge in [0.1, 0.15) is 6.10 Å². The van der Waals surface area contributed by atoms with Crippen LogP contribution in [-0.4, -0.2) is 41.6 Å². The summed E-state index contributed by atoms with van der Waals surface area (Å²) in [5.74, 6) is -1.59. The first-order valence-corrected chi connectivity index (χ1v) is 15.1. The number of carbonyl (C=O) groups is 1. The number of hydrogen-bond donors (Lipinski definition) is 3. The van der Waals surface area contributed by atoms with E-state index in [2.05, 4.69) is 15.6 Å². The fraction of sp³-hybridized carbons (Fsp3) is 0.613. The number of nitrogens with one attached hydrogen (secondary N) is 3. The second-order valence-corrected chi connectivity index (χ2v) is 12.5. The smallest absolute Gasteiger partial charge is 0.253 e. The molecule has 1 amide bonds. The lowest BCUT2D eigenvalue weighted by Gasteiger charge is -2.41. The fourth-order valence-corrected chi connectivity index (χ4v) is 6.76. The number of carbonyl (C=O) groups excluding carboxylic acids is 1. The van der Waals surface area contributed by atoms with Gasteiger partial charge in [0.25, 0.3) is 17.4 Å². The van der Waals surface area contributed by atoms with Gasteiger partial charge in [-0.3, -0.25) is 9.59 Å². The van der Waals surface area contributed by atoms with E-state index in [4.69, 9.17) is 21.1 Å². The molecule has 7 nitrogen and oxygen atoms in total. The minimum absolute atomic E-state index is 0.0630. The Labute approximate surface area is 244 Å². The Balaban J connectivity index is 1.30. The van der Waals surface area contributed by atoms with Crippen LogP contribution in [0.15, 0.2) is 16.9 Å². The van der Waals surface area contributed by atoms with E-state index in [1.165, 1.54) is 0 Å². The van der Waals surface area contributed by atoms with Crippen molar-refractivity contribution in [2.75, 3.05) is 6.61 Å². The van der Waals surface area contributed by atoms with Gasteiger partial charge in [0.15, 0.2) is 11.5 Å². The van der Waals surface area contributed by atoms with Crippen molar-refractivity contribution in [2.45, 2.75) is 109 Å². The third kappa shape index (κ3) is 6.88. The van der Waals surface area contributed by atoms with Crippen molar-refractivity contribution in [2.24, 2.45) is 5.92 Å². The quantitative estimate of drug-likeness (QED) is 0.375. The van der Waals surface area contributed by atoms with Crippen LogP contribution in [0.5, 0.6) is 11.5 Å². The van der Waals surface area contributed by atoms with Gasteiger partial charge in [-0.1, -0.05) is 11.6 Å². The number of halogens is 3. The summed E-state index contributed by atoms with van der Waals surface area (Å²) in [6.45, 7) is 6.09. The highest BCUT2D eigenvalue weighted by Crippen LogP contribution is 2.44. The van der Waals surface area contributed by atoms with Gasteiger partial charge < -0.3 is 25.1 Å². The van der Waals surface area contributed by atoms with Gasteiger partial charge in [0.2, 0.25) is 0 Å². The molecule has 2 fully saturated rings. The van der Waals surface area contributed by atoms with Crippen molar-refractivity contribution < 1.29 is 23.0 Å². The first-order chi connectivity index (χ1) is 19.5. The zero-order chi connectivity index (χ0) is 29.3. The van der Waals surface area contributed by atoms with Crippen LogP contribution in [0.4, 0.5) is 8.78 Å². The molecule has 1 aromatic heterocycles. The van der Waals surface area contributed by atoms with E-state index >= 15 is 0 Å². The van der Waals surface area contributed by atoms with Crippen LogP contribution in [-0.2, 0) is 6.54 Å². The van der Waals surface area contributed by atoms with E-state index in [-0.39, 0.29) is 49.0 Å². The number of ether oxygens (including phenoxy) is 2. The van der Waals surface area contributed by atoms with Crippen molar-refractivity contribution in [1.82, 2.24) is 15.6 Å². The molecule has 2 aromatic rings. The van der Waals surface area contributed by atoms with Crippen molar-refractivity contribution in [1.29, 1.82) is 0 Å². The van der Waals surface area contributed by atoms with Gasteiger partial charge in [-0.2, -0.15) is 0 Å². The summed E-state index contributed by atoms with van der Waals surface area (Å²) in [5.41, 5.74) is 2.88. The predicted octanol–water partition coefficient (Wildman–Crippen LogP) is 6.14. The van der Waals surface area contributed by atoms with Crippen molar-refractivity contribution in [3.8, 4) is 11.5 Å². The highest BCUT2D eigenvalue weighted by atomic mass is 35.5. The Morgan fingerprint density at radius 2 is 1.78 bits per heavy atom. The normalized spacial score (nSPS) is 24.5. The minimum Gasteiger partial charge on any atom is -0.488 e. The third-order valence-corrected chi connectivity index (χ3v) is 9.14. The first kappa shape index (κ1) is 29.8. The average molecular weight is 592 g/mol. The summed E-state index contributed by atoms with van der Waals surface area (Å²) < 4.78 is 39.3. The molecule has 1 unspecified atom stereocenters. The number of alkyl halides is 2. The lowest BCUT2D eigenvalue weighted by atomic mass is 9.79. The van der Waals surface area contributed by atoms with Crippen LogP contribution < -0.4 is 25.7 Å². The van der Waals surface area contributed by atoms with Gasteiger partial charge in [0, 0.05) is 53.9 Å². The maximum atomic E-state index is 13.3. The van der Waals surface area contributed by atoms with Gasteiger partial charge in [-0.05, 0) is 89.3 Å². The molecule has 3 N–H and O–H groups in total. The Bertz CT molecular complexity index is 1330. The lowest BCUT2D eigenvalue weighted by molar-refractivity contribution is -0.0958. The van der Waals surface area contributed by atoms with Crippen LogP contribution in [0.1, 0.15) is 90.5 Å². The molecule has 1 aliphatic heterocycles. The van der Waals surface area contributed by atoms with E-state index in [1.54, 1.807) is 6.07 Å². The lowest BCUT2D eigenvalue weighted by Crippen LogP contribution is -2.52. The highest BCUT2D eigenvalue weighted by molar-refractivity contribution is 6.32. The maximum Gasteiger partial charge on any atom is 0.253 e. The van der Waals surface area contributed by atoms with Crippen molar-refractivity contribution >= 4 is 17.5 Å². The van der Waals surface area contributed by atoms with E-state index in [0.29, 0.717) is 45.7 Å². The number of aryl methyl sites for hydroxylation is 2. The largest absolute Gasteiger partial charge is 0.488 e. The van der Waals surface area contributed by atoms with Crippen LogP contribution in [0.25, 0.3) is 0 Å². The SMILES string of the molecule is Cc1cc(C)c(CNC(=O)c2cc(Cl)c3c(c2C)OC(C2CCC(NC4CC(F)(F)C4)CC2)CCCCO3)c(=O)[nH]1. The molecule has 3 aliphatic rings. The highest BCUT2D eigenvalue weighted by Gasteiger charge is 2.46. The molecule has 2 saturated carbocycles. The van der Waals surface area contributed by atoms with E-state index in [9.17, 15) is 18.4 Å². The molecule has 2 heterocycles. The molecule has 0 radical (unpaired) electrons. The number of rotatable bonds is 6. The second kappa shape index (κ2) is 12.3. The molecular formula is C31H40ClF2N3O4. The summed E-state index contributed by atoms with van der Waals surface area (Å²) in [4.78, 5) is 28.5. The second-order valence-electron chi connectivity index (χ2n) is 12.1.